The summed E-state index contributed by atoms with van der Waals surface area (Å²) in [6.45, 7) is 3.53. The van der Waals surface area contributed by atoms with E-state index in [9.17, 15) is 29.1 Å². The molecule has 202 valence electrons. The SMILES string of the molecule is CCC(C)C(NC(=O)C(CS)NC(=O)C(N)CC(=O)O)C(=O)NC(Cc1c[nH]c2ccccc12)C(=O)O. The van der Waals surface area contributed by atoms with Gasteiger partial charge in [0.25, 0.3) is 0 Å². The molecule has 0 saturated heterocycles. The van der Waals surface area contributed by atoms with Crippen molar-refractivity contribution in [3.8, 4) is 0 Å². The van der Waals surface area contributed by atoms with Crippen LogP contribution in [0.1, 0.15) is 32.3 Å². The van der Waals surface area contributed by atoms with Crippen molar-refractivity contribution < 1.29 is 34.2 Å². The van der Waals surface area contributed by atoms with Crippen LogP contribution in [-0.2, 0) is 30.4 Å². The van der Waals surface area contributed by atoms with Gasteiger partial charge < -0.3 is 36.9 Å². The van der Waals surface area contributed by atoms with Crippen LogP contribution in [0.4, 0.5) is 0 Å². The summed E-state index contributed by atoms with van der Waals surface area (Å²) in [6.07, 6.45) is 1.57. The molecule has 0 bridgehead atoms. The summed E-state index contributed by atoms with van der Waals surface area (Å²) in [5.74, 6) is -5.33. The number of aromatic amines is 1. The maximum Gasteiger partial charge on any atom is 0.326 e. The second kappa shape index (κ2) is 13.7. The number of fused-ring (bicyclic) bond motifs is 1. The molecule has 0 aliphatic heterocycles. The molecular weight excluding hydrogens is 502 g/mol. The smallest absolute Gasteiger partial charge is 0.326 e. The van der Waals surface area contributed by atoms with Crippen LogP contribution in [0.3, 0.4) is 0 Å². The van der Waals surface area contributed by atoms with Crippen LogP contribution in [0.5, 0.6) is 0 Å². The lowest BCUT2D eigenvalue weighted by Gasteiger charge is -2.27. The molecule has 1 heterocycles. The second-order valence-corrected chi connectivity index (χ2v) is 9.15. The van der Waals surface area contributed by atoms with E-state index >= 15 is 0 Å². The summed E-state index contributed by atoms with van der Waals surface area (Å²) in [7, 11) is 0. The van der Waals surface area contributed by atoms with Crippen LogP contribution in [0.2, 0.25) is 0 Å². The van der Waals surface area contributed by atoms with E-state index in [-0.39, 0.29) is 18.1 Å². The first kappa shape index (κ1) is 29.6. The maximum absolute atomic E-state index is 13.2. The maximum atomic E-state index is 13.2. The average Bonchev–Trinajstić information content (AvgIpc) is 3.26. The number of benzene rings is 1. The molecule has 0 aliphatic rings. The Balaban J connectivity index is 2.14. The van der Waals surface area contributed by atoms with Gasteiger partial charge in [-0.15, -0.1) is 0 Å². The molecule has 0 aliphatic carbocycles. The normalized spacial score (nSPS) is 15.1. The van der Waals surface area contributed by atoms with Gasteiger partial charge in [-0.05, 0) is 17.5 Å². The number of nitrogens with two attached hydrogens (primary N) is 1. The van der Waals surface area contributed by atoms with Gasteiger partial charge in [-0.3, -0.25) is 19.2 Å². The standard InChI is InChI=1S/C24H33N5O7S/c1-3-12(2)20(29-22(33)18(11-37)28-21(32)15(25)9-19(30)31)23(34)27-17(24(35)36)8-13-10-26-16-7-5-4-6-14(13)16/h4-7,10,12,15,17-18,20,26,37H,3,8-9,11,25H2,1-2H3,(H,27,34)(H,28,32)(H,29,33)(H,30,31)(H,35,36). The molecule has 0 radical (unpaired) electrons. The van der Waals surface area contributed by atoms with E-state index in [1.807, 2.05) is 24.3 Å². The van der Waals surface area contributed by atoms with Gasteiger partial charge in [0.1, 0.15) is 18.1 Å². The Morgan fingerprint density at radius 2 is 1.65 bits per heavy atom. The topological polar surface area (TPSA) is 204 Å². The molecule has 8 N–H and O–H groups in total. The van der Waals surface area contributed by atoms with Crippen LogP contribution in [0.25, 0.3) is 10.9 Å². The van der Waals surface area contributed by atoms with Crippen molar-refractivity contribution in [3.63, 3.8) is 0 Å². The first-order valence-corrected chi connectivity index (χ1v) is 12.4. The lowest BCUT2D eigenvalue weighted by atomic mass is 9.97. The van der Waals surface area contributed by atoms with Crippen molar-refractivity contribution in [2.24, 2.45) is 11.7 Å². The van der Waals surface area contributed by atoms with E-state index in [1.54, 1.807) is 20.0 Å². The molecule has 2 rings (SSSR count). The van der Waals surface area contributed by atoms with Crippen molar-refractivity contribution in [2.75, 3.05) is 5.75 Å². The minimum absolute atomic E-state index is 0.0169. The Morgan fingerprint density at radius 1 is 1.00 bits per heavy atom. The fourth-order valence-electron chi connectivity index (χ4n) is 3.69. The number of aromatic nitrogens is 1. The zero-order valence-corrected chi connectivity index (χ0v) is 21.5. The molecular formula is C24H33N5O7S. The van der Waals surface area contributed by atoms with Gasteiger partial charge in [-0.1, -0.05) is 38.5 Å². The van der Waals surface area contributed by atoms with Crippen LogP contribution in [0, 0.1) is 5.92 Å². The van der Waals surface area contributed by atoms with E-state index in [0.29, 0.717) is 12.0 Å². The molecule has 1 aromatic carbocycles. The van der Waals surface area contributed by atoms with Crippen molar-refractivity contribution >= 4 is 53.2 Å². The third-order valence-corrected chi connectivity index (χ3v) is 6.42. The Labute approximate surface area is 219 Å². The highest BCUT2D eigenvalue weighted by molar-refractivity contribution is 7.80. The molecule has 13 heteroatoms. The second-order valence-electron chi connectivity index (χ2n) is 8.78. The van der Waals surface area contributed by atoms with E-state index in [4.69, 9.17) is 10.8 Å². The van der Waals surface area contributed by atoms with Crippen molar-refractivity contribution in [3.05, 3.63) is 36.0 Å². The van der Waals surface area contributed by atoms with Crippen molar-refractivity contribution in [2.45, 2.75) is 57.3 Å². The number of carboxylic acids is 2. The van der Waals surface area contributed by atoms with Crippen molar-refractivity contribution in [1.82, 2.24) is 20.9 Å². The third kappa shape index (κ3) is 8.22. The Kier molecular flexibility index (Phi) is 10.9. The van der Waals surface area contributed by atoms with Gasteiger partial charge in [-0.2, -0.15) is 12.6 Å². The number of thiol groups is 1. The Bertz CT molecular complexity index is 1140. The zero-order valence-electron chi connectivity index (χ0n) is 20.6. The quantitative estimate of drug-likeness (QED) is 0.155. The summed E-state index contributed by atoms with van der Waals surface area (Å²) >= 11 is 4.06. The minimum atomic E-state index is -1.37. The molecule has 2 aromatic rings. The summed E-state index contributed by atoms with van der Waals surface area (Å²) in [5, 5.41) is 26.8. The van der Waals surface area contributed by atoms with Crippen molar-refractivity contribution in [1.29, 1.82) is 0 Å². The highest BCUT2D eigenvalue weighted by atomic mass is 32.1. The van der Waals surface area contributed by atoms with Crippen LogP contribution in [0.15, 0.2) is 30.5 Å². The van der Waals surface area contributed by atoms with Gasteiger partial charge in [0.15, 0.2) is 0 Å². The highest BCUT2D eigenvalue weighted by Gasteiger charge is 2.33. The number of carboxylic acid groups (broad SMARTS) is 2. The predicted molar refractivity (Wildman–Crippen MR) is 139 cm³/mol. The molecule has 37 heavy (non-hydrogen) atoms. The first-order valence-electron chi connectivity index (χ1n) is 11.8. The number of amides is 3. The molecule has 12 nitrogen and oxygen atoms in total. The fourth-order valence-corrected chi connectivity index (χ4v) is 3.95. The molecule has 3 amide bonds. The number of hydrogen-bond donors (Lipinski definition) is 8. The number of carbonyl (C=O) groups excluding carboxylic acids is 3. The summed E-state index contributed by atoms with van der Waals surface area (Å²) in [6, 6.07) is 2.44. The monoisotopic (exact) mass is 535 g/mol. The van der Waals surface area contributed by atoms with E-state index in [1.165, 1.54) is 0 Å². The number of H-pyrrole nitrogens is 1. The fraction of sp³-hybridized carbons (Fsp3) is 0.458. The Hall–Kier alpha value is -3.58. The van der Waals surface area contributed by atoms with Gasteiger partial charge >= 0.3 is 11.9 Å². The van der Waals surface area contributed by atoms with Gasteiger partial charge in [0, 0.05) is 29.3 Å². The minimum Gasteiger partial charge on any atom is -0.481 e. The molecule has 0 spiro atoms. The molecule has 1 aromatic heterocycles. The number of carbonyl (C=O) groups is 5. The van der Waals surface area contributed by atoms with Crippen LogP contribution in [-0.4, -0.2) is 74.8 Å². The third-order valence-electron chi connectivity index (χ3n) is 6.05. The molecule has 5 atom stereocenters. The highest BCUT2D eigenvalue weighted by Crippen LogP contribution is 2.19. The number of rotatable bonds is 14. The Morgan fingerprint density at radius 3 is 2.24 bits per heavy atom. The molecule has 0 saturated carbocycles. The summed E-state index contributed by atoms with van der Waals surface area (Å²) in [4.78, 5) is 64.0. The average molecular weight is 536 g/mol. The molecule has 5 unspecified atom stereocenters. The first-order chi connectivity index (χ1) is 17.5. The summed E-state index contributed by atoms with van der Waals surface area (Å²) in [5.41, 5.74) is 7.09. The zero-order chi connectivity index (χ0) is 27.7. The van der Waals surface area contributed by atoms with E-state index in [0.717, 1.165) is 10.9 Å². The van der Waals surface area contributed by atoms with Gasteiger partial charge in [-0.25, -0.2) is 4.79 Å². The number of hydrogen-bond acceptors (Lipinski definition) is 7. The van der Waals surface area contributed by atoms with Crippen LogP contribution < -0.4 is 21.7 Å². The number of nitrogens with one attached hydrogen (secondary N) is 4. The summed E-state index contributed by atoms with van der Waals surface area (Å²) < 4.78 is 0. The van der Waals surface area contributed by atoms with E-state index < -0.39 is 60.2 Å². The number of para-hydroxylation sites is 1. The van der Waals surface area contributed by atoms with Crippen LogP contribution >= 0.6 is 12.6 Å². The largest absolute Gasteiger partial charge is 0.481 e. The number of aliphatic carboxylic acids is 2. The predicted octanol–water partition coefficient (Wildman–Crippen LogP) is 0.0273. The van der Waals surface area contributed by atoms with Gasteiger partial charge in [0.2, 0.25) is 17.7 Å². The van der Waals surface area contributed by atoms with E-state index in [2.05, 4.69) is 33.6 Å². The van der Waals surface area contributed by atoms with Gasteiger partial charge in [0.05, 0.1) is 12.5 Å². The lowest BCUT2D eigenvalue weighted by molar-refractivity contribution is -0.142. The lowest BCUT2D eigenvalue weighted by Crippen LogP contribution is -2.59. The molecule has 0 fully saturated rings.